The number of amides is 2. The quantitative estimate of drug-likeness (QED) is 0.907. The largest absolute Gasteiger partial charge is 0.494 e. The number of aromatic nitrogens is 2. The van der Waals surface area contributed by atoms with Gasteiger partial charge in [-0.2, -0.15) is 5.10 Å². The molecule has 1 unspecified atom stereocenters. The zero-order valence-electron chi connectivity index (χ0n) is 15.2. The van der Waals surface area contributed by atoms with E-state index in [1.807, 2.05) is 61.1 Å². The number of carbonyl (C=O) groups excluding carboxylic acids is 1. The third-order valence-corrected chi connectivity index (χ3v) is 4.60. The lowest BCUT2D eigenvalue weighted by Crippen LogP contribution is -2.33. The minimum atomic E-state index is -0.0417. The summed E-state index contributed by atoms with van der Waals surface area (Å²) in [6.45, 7) is 6.14. The Morgan fingerprint density at radius 1 is 1.44 bits per heavy atom. The Morgan fingerprint density at radius 2 is 2.28 bits per heavy atom. The van der Waals surface area contributed by atoms with Crippen LogP contribution >= 0.6 is 0 Å². The number of benzene rings is 1. The van der Waals surface area contributed by atoms with E-state index in [4.69, 9.17) is 4.74 Å². The van der Waals surface area contributed by atoms with Crippen molar-refractivity contribution in [2.45, 2.75) is 26.7 Å². The predicted octanol–water partition coefficient (Wildman–Crippen LogP) is 3.22. The average molecular weight is 342 g/mol. The second kappa shape index (κ2) is 7.59. The van der Waals surface area contributed by atoms with Crippen LogP contribution in [0.3, 0.4) is 0 Å². The van der Waals surface area contributed by atoms with Crippen LogP contribution in [0.15, 0.2) is 30.6 Å². The second-order valence-corrected chi connectivity index (χ2v) is 6.67. The van der Waals surface area contributed by atoms with Gasteiger partial charge in [-0.25, -0.2) is 4.79 Å². The number of carbonyl (C=O) groups is 1. The summed E-state index contributed by atoms with van der Waals surface area (Å²) in [6, 6.07) is 5.73. The molecule has 1 atom stereocenters. The van der Waals surface area contributed by atoms with Crippen LogP contribution in [0.25, 0.3) is 0 Å². The van der Waals surface area contributed by atoms with Crippen LogP contribution in [-0.4, -0.2) is 40.4 Å². The number of urea groups is 1. The Morgan fingerprint density at radius 3 is 3.00 bits per heavy atom. The Balaban J connectivity index is 1.56. The molecule has 25 heavy (non-hydrogen) atoms. The van der Waals surface area contributed by atoms with Gasteiger partial charge in [0.1, 0.15) is 5.75 Å². The maximum absolute atomic E-state index is 12.5. The summed E-state index contributed by atoms with van der Waals surface area (Å²) in [6.07, 6.45) is 5.95. The van der Waals surface area contributed by atoms with Gasteiger partial charge in [-0.05, 0) is 49.8 Å². The molecule has 1 N–H and O–H groups in total. The highest BCUT2D eigenvalue weighted by Crippen LogP contribution is 2.25. The first-order valence-corrected chi connectivity index (χ1v) is 8.82. The Labute approximate surface area is 148 Å². The van der Waals surface area contributed by atoms with Crippen LogP contribution in [0.5, 0.6) is 5.75 Å². The number of rotatable bonds is 5. The molecule has 1 saturated heterocycles. The van der Waals surface area contributed by atoms with Gasteiger partial charge in [0.15, 0.2) is 0 Å². The van der Waals surface area contributed by atoms with Crippen molar-refractivity contribution in [3.63, 3.8) is 0 Å². The molecule has 1 fully saturated rings. The van der Waals surface area contributed by atoms with Gasteiger partial charge in [-0.1, -0.05) is 6.07 Å². The molecule has 1 aliphatic rings. The van der Waals surface area contributed by atoms with Crippen molar-refractivity contribution in [1.82, 2.24) is 14.7 Å². The maximum atomic E-state index is 12.5. The summed E-state index contributed by atoms with van der Waals surface area (Å²) in [5.41, 5.74) is 3.07. The van der Waals surface area contributed by atoms with Crippen molar-refractivity contribution in [2.75, 3.05) is 25.0 Å². The van der Waals surface area contributed by atoms with Crippen LogP contribution < -0.4 is 10.1 Å². The number of ether oxygens (including phenoxy) is 1. The number of hydrogen-bond acceptors (Lipinski definition) is 3. The minimum Gasteiger partial charge on any atom is -0.494 e. The first kappa shape index (κ1) is 17.3. The first-order valence-electron chi connectivity index (χ1n) is 8.82. The van der Waals surface area contributed by atoms with Crippen LogP contribution in [0.4, 0.5) is 10.5 Å². The first-order chi connectivity index (χ1) is 12.0. The SMILES string of the molecule is CCOc1cc(NC(=O)N2CCC(Cc3cnn(C)c3)C2)ccc1C. The van der Waals surface area contributed by atoms with Gasteiger partial charge >= 0.3 is 6.03 Å². The van der Waals surface area contributed by atoms with E-state index in [9.17, 15) is 4.79 Å². The zero-order chi connectivity index (χ0) is 17.8. The van der Waals surface area contributed by atoms with Crippen molar-refractivity contribution in [3.05, 3.63) is 41.7 Å². The van der Waals surface area contributed by atoms with E-state index in [1.54, 1.807) is 0 Å². The Kier molecular flexibility index (Phi) is 5.26. The Hall–Kier alpha value is -2.50. The molecular weight excluding hydrogens is 316 g/mol. The number of nitrogens with one attached hydrogen (secondary N) is 1. The summed E-state index contributed by atoms with van der Waals surface area (Å²) in [7, 11) is 1.93. The van der Waals surface area contributed by atoms with Gasteiger partial charge in [-0.15, -0.1) is 0 Å². The molecule has 0 spiro atoms. The molecule has 0 saturated carbocycles. The summed E-state index contributed by atoms with van der Waals surface area (Å²) in [4.78, 5) is 14.4. The molecule has 2 aromatic rings. The topological polar surface area (TPSA) is 59.4 Å². The van der Waals surface area contributed by atoms with Crippen LogP contribution in [0.2, 0.25) is 0 Å². The van der Waals surface area contributed by atoms with E-state index in [0.717, 1.165) is 42.9 Å². The van der Waals surface area contributed by atoms with E-state index in [-0.39, 0.29) is 6.03 Å². The monoisotopic (exact) mass is 342 g/mol. The van der Waals surface area contributed by atoms with Crippen LogP contribution in [0.1, 0.15) is 24.5 Å². The van der Waals surface area contributed by atoms with Gasteiger partial charge < -0.3 is 15.0 Å². The number of hydrogen-bond donors (Lipinski definition) is 1. The Bertz CT molecular complexity index is 741. The maximum Gasteiger partial charge on any atom is 0.321 e. The van der Waals surface area contributed by atoms with Gasteiger partial charge in [0.05, 0.1) is 12.8 Å². The van der Waals surface area contributed by atoms with Gasteiger partial charge in [-0.3, -0.25) is 4.68 Å². The lowest BCUT2D eigenvalue weighted by molar-refractivity contribution is 0.221. The van der Waals surface area contributed by atoms with Crippen molar-refractivity contribution in [2.24, 2.45) is 13.0 Å². The van der Waals surface area contributed by atoms with Crippen molar-refractivity contribution in [3.8, 4) is 5.75 Å². The van der Waals surface area contributed by atoms with Crippen LogP contribution in [0, 0.1) is 12.8 Å². The average Bonchev–Trinajstić information content (AvgIpc) is 3.20. The van der Waals surface area contributed by atoms with Gasteiger partial charge in [0.25, 0.3) is 0 Å². The summed E-state index contributed by atoms with van der Waals surface area (Å²) in [5.74, 6) is 1.31. The van der Waals surface area contributed by atoms with Gasteiger partial charge in [0, 0.05) is 38.1 Å². The van der Waals surface area contributed by atoms with Crippen molar-refractivity contribution >= 4 is 11.7 Å². The summed E-state index contributed by atoms with van der Waals surface area (Å²) < 4.78 is 7.42. The molecule has 0 radical (unpaired) electrons. The molecule has 2 heterocycles. The molecule has 134 valence electrons. The normalized spacial score (nSPS) is 16.9. The molecule has 6 heteroatoms. The summed E-state index contributed by atoms with van der Waals surface area (Å²) >= 11 is 0. The van der Waals surface area contributed by atoms with Crippen molar-refractivity contribution in [1.29, 1.82) is 0 Å². The molecular formula is C19H26N4O2. The van der Waals surface area contributed by atoms with Crippen LogP contribution in [-0.2, 0) is 13.5 Å². The lowest BCUT2D eigenvalue weighted by atomic mass is 10.0. The predicted molar refractivity (Wildman–Crippen MR) is 98.0 cm³/mol. The minimum absolute atomic E-state index is 0.0417. The number of anilines is 1. The van der Waals surface area contributed by atoms with Gasteiger partial charge in [0.2, 0.25) is 0 Å². The number of likely N-dealkylation sites (tertiary alicyclic amines) is 1. The van der Waals surface area contributed by atoms with E-state index in [1.165, 1.54) is 5.56 Å². The lowest BCUT2D eigenvalue weighted by Gasteiger charge is -2.18. The standard InChI is InChI=1S/C19H26N4O2/c1-4-25-18-10-17(6-5-14(18)2)21-19(24)23-8-7-15(13-23)9-16-11-20-22(3)12-16/h5-6,10-12,15H,4,7-9,13H2,1-3H3,(H,21,24). The van der Waals surface area contributed by atoms with E-state index in [0.29, 0.717) is 12.5 Å². The van der Waals surface area contributed by atoms with E-state index >= 15 is 0 Å². The molecule has 0 aliphatic carbocycles. The fraction of sp³-hybridized carbons (Fsp3) is 0.474. The molecule has 2 amide bonds. The number of aryl methyl sites for hydroxylation is 2. The fourth-order valence-electron chi connectivity index (χ4n) is 3.29. The molecule has 3 rings (SSSR count). The van der Waals surface area contributed by atoms with Crippen molar-refractivity contribution < 1.29 is 9.53 Å². The molecule has 1 aliphatic heterocycles. The molecule has 0 bridgehead atoms. The smallest absolute Gasteiger partial charge is 0.321 e. The third kappa shape index (κ3) is 4.32. The fourth-order valence-corrected chi connectivity index (χ4v) is 3.29. The van der Waals surface area contributed by atoms with E-state index < -0.39 is 0 Å². The highest BCUT2D eigenvalue weighted by atomic mass is 16.5. The molecule has 6 nitrogen and oxygen atoms in total. The number of nitrogens with zero attached hydrogens (tertiary/aromatic N) is 3. The highest BCUT2D eigenvalue weighted by molar-refractivity contribution is 5.89. The van der Waals surface area contributed by atoms with E-state index in [2.05, 4.69) is 10.4 Å². The third-order valence-electron chi connectivity index (χ3n) is 4.60. The zero-order valence-corrected chi connectivity index (χ0v) is 15.2. The second-order valence-electron chi connectivity index (χ2n) is 6.67. The highest BCUT2D eigenvalue weighted by Gasteiger charge is 2.26. The molecule has 1 aromatic carbocycles. The molecule has 1 aromatic heterocycles. The summed E-state index contributed by atoms with van der Waals surface area (Å²) in [5, 5.41) is 7.20.